The Morgan fingerprint density at radius 2 is 2.06 bits per heavy atom. The molecule has 4 nitrogen and oxygen atoms in total. The zero-order chi connectivity index (χ0) is 12.3. The number of carbonyl (C=O) groups excluding carboxylic acids is 1. The van der Waals surface area contributed by atoms with Crippen molar-refractivity contribution in [3.63, 3.8) is 0 Å². The SMILES string of the molecule is O=C(Nc1cnccn1)c1cc(Br)ccc1Br. The maximum absolute atomic E-state index is 12.0. The van der Waals surface area contributed by atoms with Gasteiger partial charge in [-0.3, -0.25) is 9.78 Å². The van der Waals surface area contributed by atoms with Crippen LogP contribution in [0.3, 0.4) is 0 Å². The summed E-state index contributed by atoms with van der Waals surface area (Å²) < 4.78 is 1.56. The number of anilines is 1. The molecule has 0 aliphatic heterocycles. The van der Waals surface area contributed by atoms with Crippen molar-refractivity contribution < 1.29 is 4.79 Å². The first-order valence-electron chi connectivity index (χ1n) is 4.69. The summed E-state index contributed by atoms with van der Waals surface area (Å²) in [5.74, 6) is 0.183. The summed E-state index contributed by atoms with van der Waals surface area (Å²) in [5, 5.41) is 2.66. The van der Waals surface area contributed by atoms with Gasteiger partial charge in [-0.2, -0.15) is 0 Å². The van der Waals surface area contributed by atoms with Crippen molar-refractivity contribution in [3.8, 4) is 0 Å². The second-order valence-corrected chi connectivity index (χ2v) is 4.94. The van der Waals surface area contributed by atoms with E-state index in [9.17, 15) is 4.79 Å². The van der Waals surface area contributed by atoms with E-state index in [1.807, 2.05) is 6.07 Å². The Bertz CT molecular complexity index is 546. The molecule has 17 heavy (non-hydrogen) atoms. The van der Waals surface area contributed by atoms with Gasteiger partial charge in [-0.1, -0.05) is 15.9 Å². The predicted molar refractivity (Wildman–Crippen MR) is 71.8 cm³/mol. The first kappa shape index (κ1) is 12.2. The van der Waals surface area contributed by atoms with Crippen molar-refractivity contribution in [2.45, 2.75) is 0 Å². The van der Waals surface area contributed by atoms with E-state index in [1.54, 1.807) is 18.3 Å². The molecule has 0 aliphatic rings. The maximum atomic E-state index is 12.0. The Hall–Kier alpha value is -1.27. The summed E-state index contributed by atoms with van der Waals surface area (Å²) in [4.78, 5) is 19.8. The second-order valence-electron chi connectivity index (χ2n) is 3.17. The van der Waals surface area contributed by atoms with E-state index in [0.29, 0.717) is 11.4 Å². The zero-order valence-electron chi connectivity index (χ0n) is 8.52. The molecule has 0 atom stereocenters. The highest BCUT2D eigenvalue weighted by Gasteiger charge is 2.11. The van der Waals surface area contributed by atoms with E-state index < -0.39 is 0 Å². The van der Waals surface area contributed by atoms with E-state index >= 15 is 0 Å². The molecule has 86 valence electrons. The van der Waals surface area contributed by atoms with Crippen LogP contribution in [0.5, 0.6) is 0 Å². The second kappa shape index (κ2) is 5.37. The normalized spacial score (nSPS) is 10.0. The molecule has 0 saturated heterocycles. The molecule has 0 spiro atoms. The number of aromatic nitrogens is 2. The minimum Gasteiger partial charge on any atom is -0.305 e. The Kier molecular flexibility index (Phi) is 3.86. The Morgan fingerprint density at radius 1 is 1.24 bits per heavy atom. The lowest BCUT2D eigenvalue weighted by atomic mass is 10.2. The van der Waals surface area contributed by atoms with Crippen LogP contribution in [0.1, 0.15) is 10.4 Å². The molecule has 0 aliphatic carbocycles. The van der Waals surface area contributed by atoms with E-state index in [1.165, 1.54) is 12.4 Å². The molecule has 0 radical (unpaired) electrons. The summed E-state index contributed by atoms with van der Waals surface area (Å²) in [6.07, 6.45) is 4.56. The Labute approximate surface area is 115 Å². The molecule has 2 aromatic rings. The predicted octanol–water partition coefficient (Wildman–Crippen LogP) is 3.25. The summed E-state index contributed by atoms with van der Waals surface area (Å²) in [6, 6.07) is 5.38. The van der Waals surface area contributed by atoms with E-state index in [4.69, 9.17) is 0 Å². The number of halogens is 2. The number of carbonyl (C=O) groups is 1. The fourth-order valence-electron chi connectivity index (χ4n) is 1.22. The van der Waals surface area contributed by atoms with Crippen LogP contribution in [-0.4, -0.2) is 15.9 Å². The smallest absolute Gasteiger partial charge is 0.258 e. The number of amides is 1. The van der Waals surface area contributed by atoms with Crippen LogP contribution < -0.4 is 5.32 Å². The molecule has 0 unspecified atom stereocenters. The maximum Gasteiger partial charge on any atom is 0.258 e. The van der Waals surface area contributed by atoms with Gasteiger partial charge < -0.3 is 5.32 Å². The van der Waals surface area contributed by atoms with Crippen LogP contribution in [0.4, 0.5) is 5.82 Å². The molecular formula is C11H7Br2N3O. The van der Waals surface area contributed by atoms with E-state index in [0.717, 1.165) is 8.95 Å². The third kappa shape index (κ3) is 3.10. The van der Waals surface area contributed by atoms with Crippen LogP contribution in [0.25, 0.3) is 0 Å². The molecule has 6 heteroatoms. The summed E-state index contributed by atoms with van der Waals surface area (Å²) in [5.41, 5.74) is 0.532. The number of hydrogen-bond acceptors (Lipinski definition) is 3. The fourth-order valence-corrected chi connectivity index (χ4v) is 2.01. The van der Waals surface area contributed by atoms with Crippen molar-refractivity contribution in [2.75, 3.05) is 5.32 Å². The van der Waals surface area contributed by atoms with Gasteiger partial charge in [-0.25, -0.2) is 4.98 Å². The van der Waals surface area contributed by atoms with Gasteiger partial charge in [0.1, 0.15) is 0 Å². The van der Waals surface area contributed by atoms with Crippen LogP contribution in [0.2, 0.25) is 0 Å². The number of hydrogen-bond donors (Lipinski definition) is 1. The first-order valence-corrected chi connectivity index (χ1v) is 6.28. The van der Waals surface area contributed by atoms with Crippen LogP contribution >= 0.6 is 31.9 Å². The van der Waals surface area contributed by atoms with E-state index in [-0.39, 0.29) is 5.91 Å². The highest BCUT2D eigenvalue weighted by molar-refractivity contribution is 9.11. The van der Waals surface area contributed by atoms with Crippen LogP contribution in [0, 0.1) is 0 Å². The third-order valence-corrected chi connectivity index (χ3v) is 3.16. The molecule has 0 saturated carbocycles. The molecule has 1 aromatic carbocycles. The largest absolute Gasteiger partial charge is 0.305 e. The van der Waals surface area contributed by atoms with Crippen molar-refractivity contribution in [2.24, 2.45) is 0 Å². The number of nitrogens with zero attached hydrogens (tertiary/aromatic N) is 2. The van der Waals surface area contributed by atoms with Crippen LogP contribution in [-0.2, 0) is 0 Å². The lowest BCUT2D eigenvalue weighted by molar-refractivity contribution is 0.102. The summed E-state index contributed by atoms with van der Waals surface area (Å²) in [7, 11) is 0. The van der Waals surface area contributed by atoms with Gasteiger partial charge in [0, 0.05) is 21.3 Å². The van der Waals surface area contributed by atoms with Gasteiger partial charge in [0.25, 0.3) is 5.91 Å². The molecular weight excluding hydrogens is 350 g/mol. The third-order valence-electron chi connectivity index (χ3n) is 1.98. The average molecular weight is 357 g/mol. The Morgan fingerprint density at radius 3 is 2.76 bits per heavy atom. The van der Waals surface area contributed by atoms with Gasteiger partial charge in [0.15, 0.2) is 5.82 Å². The zero-order valence-corrected chi connectivity index (χ0v) is 11.7. The highest BCUT2D eigenvalue weighted by atomic mass is 79.9. The molecule has 0 fully saturated rings. The van der Waals surface area contributed by atoms with Gasteiger partial charge in [0.2, 0.25) is 0 Å². The standard InChI is InChI=1S/C11H7Br2N3O/c12-7-1-2-9(13)8(5-7)11(17)16-10-6-14-3-4-15-10/h1-6H,(H,15,16,17). The topological polar surface area (TPSA) is 54.9 Å². The van der Waals surface area contributed by atoms with Gasteiger partial charge >= 0.3 is 0 Å². The van der Waals surface area contributed by atoms with Crippen molar-refractivity contribution in [1.29, 1.82) is 0 Å². The fraction of sp³-hybridized carbons (Fsp3) is 0. The number of nitrogens with one attached hydrogen (secondary N) is 1. The van der Waals surface area contributed by atoms with E-state index in [2.05, 4.69) is 47.1 Å². The Balaban J connectivity index is 2.23. The highest BCUT2D eigenvalue weighted by Crippen LogP contribution is 2.22. The minimum absolute atomic E-state index is 0.237. The van der Waals surface area contributed by atoms with Gasteiger partial charge in [-0.15, -0.1) is 0 Å². The monoisotopic (exact) mass is 355 g/mol. The van der Waals surface area contributed by atoms with Gasteiger partial charge in [0.05, 0.1) is 11.8 Å². The van der Waals surface area contributed by atoms with Crippen molar-refractivity contribution in [3.05, 3.63) is 51.3 Å². The molecule has 1 aromatic heterocycles. The molecule has 0 bridgehead atoms. The molecule has 1 heterocycles. The average Bonchev–Trinajstić information content (AvgIpc) is 2.33. The van der Waals surface area contributed by atoms with Crippen molar-refractivity contribution >= 4 is 43.6 Å². The quantitative estimate of drug-likeness (QED) is 0.898. The minimum atomic E-state index is -0.237. The lowest BCUT2D eigenvalue weighted by Gasteiger charge is -2.06. The number of rotatable bonds is 2. The first-order chi connectivity index (χ1) is 8.16. The summed E-state index contributed by atoms with van der Waals surface area (Å²) >= 11 is 6.65. The molecule has 1 amide bonds. The number of benzene rings is 1. The van der Waals surface area contributed by atoms with Crippen LogP contribution in [0.15, 0.2) is 45.7 Å². The molecule has 2 rings (SSSR count). The molecule has 1 N–H and O–H groups in total. The van der Waals surface area contributed by atoms with Crippen molar-refractivity contribution in [1.82, 2.24) is 9.97 Å². The van der Waals surface area contributed by atoms with Gasteiger partial charge in [-0.05, 0) is 34.1 Å². The lowest BCUT2D eigenvalue weighted by Crippen LogP contribution is -2.13. The summed E-state index contributed by atoms with van der Waals surface area (Å²) in [6.45, 7) is 0.